The van der Waals surface area contributed by atoms with Crippen molar-refractivity contribution in [3.8, 4) is 0 Å². The maximum Gasteiger partial charge on any atom is 0.237 e. The minimum absolute atomic E-state index is 0.0301. The summed E-state index contributed by atoms with van der Waals surface area (Å²) in [6, 6.07) is -0.0301. The average Bonchev–Trinajstić information content (AvgIpc) is 2.18. The summed E-state index contributed by atoms with van der Waals surface area (Å²) in [6.45, 7) is 3.81. The lowest BCUT2D eigenvalue weighted by Crippen LogP contribution is -2.48. The standard InChI is InChI=1S/C10H20N2O2/c1-8-3-5-11-9(7-8)10(14)12-4-2-6-13/h8-9,11,13H,2-7H2,1H3,(H,12,14). The molecule has 1 heterocycles. The lowest BCUT2D eigenvalue weighted by molar-refractivity contribution is -0.124. The highest BCUT2D eigenvalue weighted by Gasteiger charge is 2.23. The first kappa shape index (κ1) is 11.5. The van der Waals surface area contributed by atoms with Crippen molar-refractivity contribution in [3.05, 3.63) is 0 Å². The Bertz CT molecular complexity index is 185. The lowest BCUT2D eigenvalue weighted by Gasteiger charge is -2.27. The molecular weight excluding hydrogens is 180 g/mol. The summed E-state index contributed by atoms with van der Waals surface area (Å²) in [5.41, 5.74) is 0. The molecule has 0 aromatic carbocycles. The van der Waals surface area contributed by atoms with Crippen LogP contribution in [-0.2, 0) is 4.79 Å². The summed E-state index contributed by atoms with van der Waals surface area (Å²) in [5.74, 6) is 0.704. The molecule has 1 saturated heterocycles. The summed E-state index contributed by atoms with van der Waals surface area (Å²) in [4.78, 5) is 11.6. The molecule has 82 valence electrons. The maximum atomic E-state index is 11.6. The number of carbonyl (C=O) groups excluding carboxylic acids is 1. The highest BCUT2D eigenvalue weighted by atomic mass is 16.3. The predicted molar refractivity (Wildman–Crippen MR) is 54.9 cm³/mol. The second-order valence-corrected chi connectivity index (χ2v) is 4.00. The SMILES string of the molecule is CC1CCNC(C(=O)NCCCO)C1. The summed E-state index contributed by atoms with van der Waals surface area (Å²) in [5, 5.41) is 14.6. The van der Waals surface area contributed by atoms with Crippen molar-refractivity contribution in [1.82, 2.24) is 10.6 Å². The number of piperidine rings is 1. The summed E-state index contributed by atoms with van der Waals surface area (Å²) >= 11 is 0. The molecule has 4 heteroatoms. The van der Waals surface area contributed by atoms with E-state index in [-0.39, 0.29) is 18.6 Å². The van der Waals surface area contributed by atoms with Gasteiger partial charge in [-0.05, 0) is 31.7 Å². The molecule has 2 unspecified atom stereocenters. The molecule has 14 heavy (non-hydrogen) atoms. The summed E-state index contributed by atoms with van der Waals surface area (Å²) in [7, 11) is 0. The van der Waals surface area contributed by atoms with E-state index >= 15 is 0 Å². The van der Waals surface area contributed by atoms with E-state index in [0.29, 0.717) is 18.9 Å². The van der Waals surface area contributed by atoms with Crippen LogP contribution in [0.4, 0.5) is 0 Å². The van der Waals surface area contributed by atoms with E-state index in [9.17, 15) is 4.79 Å². The van der Waals surface area contributed by atoms with Crippen molar-refractivity contribution in [2.24, 2.45) is 5.92 Å². The zero-order valence-electron chi connectivity index (χ0n) is 8.75. The Morgan fingerprint density at radius 2 is 2.43 bits per heavy atom. The molecule has 1 aliphatic rings. The molecule has 0 aromatic heterocycles. The zero-order valence-corrected chi connectivity index (χ0v) is 8.75. The van der Waals surface area contributed by atoms with Crippen molar-refractivity contribution < 1.29 is 9.90 Å². The smallest absolute Gasteiger partial charge is 0.237 e. The molecule has 1 fully saturated rings. The normalized spacial score (nSPS) is 27.3. The lowest BCUT2D eigenvalue weighted by atomic mass is 9.94. The monoisotopic (exact) mass is 200 g/mol. The van der Waals surface area contributed by atoms with Gasteiger partial charge in [0.1, 0.15) is 0 Å². The quantitative estimate of drug-likeness (QED) is 0.554. The third kappa shape index (κ3) is 3.64. The van der Waals surface area contributed by atoms with Crippen LogP contribution in [0.25, 0.3) is 0 Å². The number of nitrogens with one attached hydrogen (secondary N) is 2. The van der Waals surface area contributed by atoms with E-state index in [1.54, 1.807) is 0 Å². The van der Waals surface area contributed by atoms with E-state index in [0.717, 1.165) is 19.4 Å². The van der Waals surface area contributed by atoms with Crippen molar-refractivity contribution in [3.63, 3.8) is 0 Å². The number of aliphatic hydroxyl groups excluding tert-OH is 1. The van der Waals surface area contributed by atoms with Gasteiger partial charge in [0.15, 0.2) is 0 Å². The van der Waals surface area contributed by atoms with E-state index in [1.165, 1.54) is 0 Å². The van der Waals surface area contributed by atoms with E-state index in [2.05, 4.69) is 17.6 Å². The Labute approximate surface area is 85.1 Å². The molecular formula is C10H20N2O2. The van der Waals surface area contributed by atoms with Crippen molar-refractivity contribution >= 4 is 5.91 Å². The highest BCUT2D eigenvalue weighted by molar-refractivity contribution is 5.81. The Kier molecular flexibility index (Phi) is 4.90. The fraction of sp³-hybridized carbons (Fsp3) is 0.900. The van der Waals surface area contributed by atoms with Crippen LogP contribution in [0.1, 0.15) is 26.2 Å². The van der Waals surface area contributed by atoms with Gasteiger partial charge in [-0.3, -0.25) is 4.79 Å². The van der Waals surface area contributed by atoms with Gasteiger partial charge >= 0.3 is 0 Å². The summed E-state index contributed by atoms with van der Waals surface area (Å²) < 4.78 is 0. The van der Waals surface area contributed by atoms with Crippen LogP contribution >= 0.6 is 0 Å². The van der Waals surface area contributed by atoms with E-state index in [1.807, 2.05) is 0 Å². The van der Waals surface area contributed by atoms with Crippen molar-refractivity contribution in [2.75, 3.05) is 19.7 Å². The number of amides is 1. The van der Waals surface area contributed by atoms with Crippen LogP contribution in [0.15, 0.2) is 0 Å². The Morgan fingerprint density at radius 3 is 3.07 bits per heavy atom. The molecule has 0 aromatic rings. The van der Waals surface area contributed by atoms with Gasteiger partial charge < -0.3 is 15.7 Å². The van der Waals surface area contributed by atoms with Crippen LogP contribution in [0, 0.1) is 5.92 Å². The Hall–Kier alpha value is -0.610. The van der Waals surface area contributed by atoms with E-state index < -0.39 is 0 Å². The van der Waals surface area contributed by atoms with Crippen molar-refractivity contribution in [1.29, 1.82) is 0 Å². The number of carbonyl (C=O) groups is 1. The number of hydrogen-bond acceptors (Lipinski definition) is 3. The fourth-order valence-corrected chi connectivity index (χ4v) is 1.72. The van der Waals surface area contributed by atoms with Gasteiger partial charge in [0.2, 0.25) is 5.91 Å². The zero-order chi connectivity index (χ0) is 10.4. The number of aliphatic hydroxyl groups is 1. The van der Waals surface area contributed by atoms with Gasteiger partial charge in [-0.2, -0.15) is 0 Å². The third-order valence-electron chi connectivity index (χ3n) is 2.62. The first-order valence-corrected chi connectivity index (χ1v) is 5.36. The molecule has 0 aliphatic carbocycles. The van der Waals surface area contributed by atoms with Gasteiger partial charge in [0.05, 0.1) is 6.04 Å². The number of rotatable bonds is 4. The van der Waals surface area contributed by atoms with Crippen LogP contribution in [0.2, 0.25) is 0 Å². The van der Waals surface area contributed by atoms with Gasteiger partial charge in [-0.25, -0.2) is 0 Å². The first-order valence-electron chi connectivity index (χ1n) is 5.36. The molecule has 2 atom stereocenters. The molecule has 0 saturated carbocycles. The maximum absolute atomic E-state index is 11.6. The molecule has 0 bridgehead atoms. The largest absolute Gasteiger partial charge is 0.396 e. The van der Waals surface area contributed by atoms with Crippen molar-refractivity contribution in [2.45, 2.75) is 32.2 Å². The van der Waals surface area contributed by atoms with Gasteiger partial charge in [0, 0.05) is 13.2 Å². The van der Waals surface area contributed by atoms with Crippen LogP contribution < -0.4 is 10.6 Å². The van der Waals surface area contributed by atoms with Crippen LogP contribution in [0.5, 0.6) is 0 Å². The topological polar surface area (TPSA) is 61.4 Å². The minimum atomic E-state index is -0.0301. The molecule has 1 rings (SSSR count). The fourth-order valence-electron chi connectivity index (χ4n) is 1.72. The third-order valence-corrected chi connectivity index (χ3v) is 2.62. The Balaban J connectivity index is 2.22. The van der Waals surface area contributed by atoms with Gasteiger partial charge in [-0.15, -0.1) is 0 Å². The predicted octanol–water partition coefficient (Wildman–Crippen LogP) is -0.127. The molecule has 1 aliphatic heterocycles. The molecule has 0 radical (unpaired) electrons. The van der Waals surface area contributed by atoms with E-state index in [4.69, 9.17) is 5.11 Å². The first-order chi connectivity index (χ1) is 6.74. The highest BCUT2D eigenvalue weighted by Crippen LogP contribution is 2.14. The average molecular weight is 200 g/mol. The Morgan fingerprint density at radius 1 is 1.64 bits per heavy atom. The molecule has 4 nitrogen and oxygen atoms in total. The second-order valence-electron chi connectivity index (χ2n) is 4.00. The molecule has 1 amide bonds. The summed E-state index contributed by atoms with van der Waals surface area (Å²) in [6.07, 6.45) is 2.71. The minimum Gasteiger partial charge on any atom is -0.396 e. The molecule has 3 N–H and O–H groups in total. The van der Waals surface area contributed by atoms with Crippen LogP contribution in [-0.4, -0.2) is 36.8 Å². The number of hydrogen-bond donors (Lipinski definition) is 3. The molecule has 0 spiro atoms. The second kappa shape index (κ2) is 5.98. The van der Waals surface area contributed by atoms with Crippen LogP contribution in [0.3, 0.4) is 0 Å². The van der Waals surface area contributed by atoms with Gasteiger partial charge in [0.25, 0.3) is 0 Å². The van der Waals surface area contributed by atoms with Gasteiger partial charge in [-0.1, -0.05) is 6.92 Å².